The summed E-state index contributed by atoms with van der Waals surface area (Å²) >= 11 is 0. The van der Waals surface area contributed by atoms with Crippen LogP contribution in [0.25, 0.3) is 0 Å². The lowest BCUT2D eigenvalue weighted by Gasteiger charge is -2.33. The molecule has 1 unspecified atom stereocenters. The first-order valence-electron chi connectivity index (χ1n) is 6.28. The summed E-state index contributed by atoms with van der Waals surface area (Å²) in [6.07, 6.45) is 6.75. The van der Waals surface area contributed by atoms with Crippen LogP contribution in [0, 0.1) is 11.8 Å². The molecule has 0 aromatic rings. The molecule has 0 spiro atoms. The van der Waals surface area contributed by atoms with E-state index in [2.05, 4.69) is 13.8 Å². The first-order valence-corrected chi connectivity index (χ1v) is 7.89. The molecular formula is C12H26O2Si. The average Bonchev–Trinajstić information content (AvgIpc) is 2.30. The molecule has 1 rings (SSSR count). The van der Waals surface area contributed by atoms with E-state index in [4.69, 9.17) is 8.85 Å². The van der Waals surface area contributed by atoms with E-state index < -0.39 is 9.28 Å². The quantitative estimate of drug-likeness (QED) is 0.676. The van der Waals surface area contributed by atoms with Crippen LogP contribution in [-0.4, -0.2) is 23.5 Å². The fourth-order valence-electron chi connectivity index (χ4n) is 2.80. The van der Waals surface area contributed by atoms with E-state index in [0.29, 0.717) is 0 Å². The minimum Gasteiger partial charge on any atom is -0.400 e. The maximum absolute atomic E-state index is 5.48. The Balaban J connectivity index is 2.34. The molecule has 15 heavy (non-hydrogen) atoms. The standard InChI is InChI=1S/C12H26O2Si/c1-5-10(2)11-6-8-12(9-7-11)15(13-3)14-4/h10-12,15H,5-9H2,1-4H3. The van der Waals surface area contributed by atoms with Crippen molar-refractivity contribution in [2.45, 2.75) is 51.5 Å². The van der Waals surface area contributed by atoms with Gasteiger partial charge in [-0.05, 0) is 30.2 Å². The van der Waals surface area contributed by atoms with Gasteiger partial charge in [0.15, 0.2) is 0 Å². The first kappa shape index (κ1) is 13.2. The predicted molar refractivity (Wildman–Crippen MR) is 66.3 cm³/mol. The minimum absolute atomic E-state index is 0.750. The van der Waals surface area contributed by atoms with Crippen LogP contribution in [0.3, 0.4) is 0 Å². The van der Waals surface area contributed by atoms with Crippen LogP contribution in [0.15, 0.2) is 0 Å². The van der Waals surface area contributed by atoms with Gasteiger partial charge in [-0.1, -0.05) is 33.1 Å². The summed E-state index contributed by atoms with van der Waals surface area (Å²) in [5.41, 5.74) is 0.750. The molecule has 90 valence electrons. The van der Waals surface area contributed by atoms with Gasteiger partial charge in [-0.3, -0.25) is 0 Å². The van der Waals surface area contributed by atoms with E-state index in [1.165, 1.54) is 32.1 Å². The summed E-state index contributed by atoms with van der Waals surface area (Å²) in [4.78, 5) is 0. The van der Waals surface area contributed by atoms with Crippen molar-refractivity contribution in [2.24, 2.45) is 11.8 Å². The molecule has 0 aromatic carbocycles. The topological polar surface area (TPSA) is 18.5 Å². The first-order chi connectivity index (χ1) is 7.22. The lowest BCUT2D eigenvalue weighted by Crippen LogP contribution is -2.30. The molecule has 1 fully saturated rings. The van der Waals surface area contributed by atoms with Crippen molar-refractivity contribution in [1.29, 1.82) is 0 Å². The van der Waals surface area contributed by atoms with E-state index in [0.717, 1.165) is 17.4 Å². The fourth-order valence-corrected chi connectivity index (χ4v) is 4.69. The molecule has 1 aliphatic rings. The highest BCUT2D eigenvalue weighted by atomic mass is 28.3. The second kappa shape index (κ2) is 6.66. The van der Waals surface area contributed by atoms with Crippen molar-refractivity contribution in [3.05, 3.63) is 0 Å². The molecule has 0 aliphatic heterocycles. The average molecular weight is 230 g/mol. The number of rotatable bonds is 5. The molecule has 0 bridgehead atoms. The molecular weight excluding hydrogens is 204 g/mol. The zero-order valence-corrected chi connectivity index (χ0v) is 11.8. The molecule has 0 N–H and O–H groups in total. The molecule has 0 aromatic heterocycles. The van der Waals surface area contributed by atoms with Gasteiger partial charge in [-0.25, -0.2) is 0 Å². The van der Waals surface area contributed by atoms with Gasteiger partial charge in [0.25, 0.3) is 0 Å². The summed E-state index contributed by atoms with van der Waals surface area (Å²) in [5.74, 6) is 1.85. The maximum atomic E-state index is 5.48. The summed E-state index contributed by atoms with van der Waals surface area (Å²) in [5, 5.41) is 0. The van der Waals surface area contributed by atoms with Crippen LogP contribution in [0.5, 0.6) is 0 Å². The highest BCUT2D eigenvalue weighted by Gasteiger charge is 2.31. The SMILES string of the molecule is CCC(C)C1CCC([SiH](OC)OC)CC1. The summed E-state index contributed by atoms with van der Waals surface area (Å²) in [6, 6.07) is 0. The van der Waals surface area contributed by atoms with Gasteiger partial charge in [0, 0.05) is 14.2 Å². The molecule has 0 saturated heterocycles. The van der Waals surface area contributed by atoms with Crippen molar-refractivity contribution in [2.75, 3.05) is 14.2 Å². The zero-order chi connectivity index (χ0) is 11.3. The van der Waals surface area contributed by atoms with Gasteiger partial charge in [-0.15, -0.1) is 0 Å². The number of hydrogen-bond acceptors (Lipinski definition) is 2. The monoisotopic (exact) mass is 230 g/mol. The Hall–Kier alpha value is 0.137. The Morgan fingerprint density at radius 2 is 1.67 bits per heavy atom. The Morgan fingerprint density at radius 3 is 2.07 bits per heavy atom. The van der Waals surface area contributed by atoms with E-state index in [-0.39, 0.29) is 0 Å². The molecule has 1 aliphatic carbocycles. The highest BCUT2D eigenvalue weighted by molar-refractivity contribution is 6.46. The third kappa shape index (κ3) is 3.57. The highest BCUT2D eigenvalue weighted by Crippen LogP contribution is 2.38. The van der Waals surface area contributed by atoms with E-state index in [9.17, 15) is 0 Å². The van der Waals surface area contributed by atoms with E-state index >= 15 is 0 Å². The van der Waals surface area contributed by atoms with Crippen LogP contribution in [0.1, 0.15) is 46.0 Å². The molecule has 3 heteroatoms. The Morgan fingerprint density at radius 1 is 1.13 bits per heavy atom. The van der Waals surface area contributed by atoms with Gasteiger partial charge < -0.3 is 8.85 Å². The van der Waals surface area contributed by atoms with Crippen molar-refractivity contribution in [3.8, 4) is 0 Å². The summed E-state index contributed by atoms with van der Waals surface area (Å²) < 4.78 is 11.0. The maximum Gasteiger partial charge on any atom is 0.324 e. The second-order valence-electron chi connectivity index (χ2n) is 4.90. The molecule has 0 radical (unpaired) electrons. The molecule has 2 nitrogen and oxygen atoms in total. The largest absolute Gasteiger partial charge is 0.400 e. The molecule has 0 amide bonds. The van der Waals surface area contributed by atoms with Crippen molar-refractivity contribution in [3.63, 3.8) is 0 Å². The summed E-state index contributed by atoms with van der Waals surface area (Å²) in [7, 11) is 2.27. The molecule has 1 saturated carbocycles. The van der Waals surface area contributed by atoms with Crippen molar-refractivity contribution >= 4 is 9.28 Å². The molecule has 0 heterocycles. The Labute approximate surface area is 96.2 Å². The minimum atomic E-state index is -1.34. The van der Waals surface area contributed by atoms with Gasteiger partial charge in [0.2, 0.25) is 0 Å². The zero-order valence-electron chi connectivity index (χ0n) is 10.7. The smallest absolute Gasteiger partial charge is 0.324 e. The van der Waals surface area contributed by atoms with E-state index in [1.54, 1.807) is 14.2 Å². The normalized spacial score (nSPS) is 29.4. The van der Waals surface area contributed by atoms with Crippen LogP contribution >= 0.6 is 0 Å². The van der Waals surface area contributed by atoms with Crippen LogP contribution in [0.4, 0.5) is 0 Å². The third-order valence-corrected chi connectivity index (χ3v) is 6.48. The summed E-state index contributed by atoms with van der Waals surface area (Å²) in [6.45, 7) is 4.70. The van der Waals surface area contributed by atoms with Gasteiger partial charge in [-0.2, -0.15) is 0 Å². The van der Waals surface area contributed by atoms with Gasteiger partial charge in [0.05, 0.1) is 0 Å². The van der Waals surface area contributed by atoms with Crippen LogP contribution in [-0.2, 0) is 8.85 Å². The lowest BCUT2D eigenvalue weighted by molar-refractivity contribution is 0.214. The molecule has 1 atom stereocenters. The van der Waals surface area contributed by atoms with E-state index in [1.807, 2.05) is 0 Å². The van der Waals surface area contributed by atoms with Gasteiger partial charge in [0.1, 0.15) is 0 Å². The lowest BCUT2D eigenvalue weighted by atomic mass is 9.79. The van der Waals surface area contributed by atoms with Crippen LogP contribution < -0.4 is 0 Å². The van der Waals surface area contributed by atoms with Gasteiger partial charge >= 0.3 is 9.28 Å². The van der Waals surface area contributed by atoms with Crippen molar-refractivity contribution < 1.29 is 8.85 Å². The van der Waals surface area contributed by atoms with Crippen molar-refractivity contribution in [1.82, 2.24) is 0 Å². The van der Waals surface area contributed by atoms with Crippen LogP contribution in [0.2, 0.25) is 5.54 Å². The predicted octanol–water partition coefficient (Wildman–Crippen LogP) is 3.11. The Kier molecular flexibility index (Phi) is 5.86. The third-order valence-electron chi connectivity index (χ3n) is 4.11. The number of hydrogen-bond donors (Lipinski definition) is 0. The Bertz CT molecular complexity index is 163. The fraction of sp³-hybridized carbons (Fsp3) is 1.00. The second-order valence-corrected chi connectivity index (χ2v) is 7.52.